The second-order valence-electron chi connectivity index (χ2n) is 6.36. The number of aliphatic carboxylic acids is 1. The Hall–Kier alpha value is -4.75. The number of hydrogen-bond donors (Lipinski definition) is 6. The fraction of sp³-hybridized carbons (Fsp3) is 0.167. The van der Waals surface area contributed by atoms with Crippen LogP contribution in [-0.4, -0.2) is 60.8 Å². The summed E-state index contributed by atoms with van der Waals surface area (Å²) in [7, 11) is 0. The Balaban J connectivity index is 1.62. The fourth-order valence-corrected chi connectivity index (χ4v) is 2.56. The Morgan fingerprint density at radius 1 is 1.16 bits per heavy atom. The molecule has 2 aromatic heterocycles. The quantitative estimate of drug-likeness (QED) is 0.249. The van der Waals surface area contributed by atoms with Crippen LogP contribution in [0.25, 0.3) is 11.2 Å². The van der Waals surface area contributed by atoms with Gasteiger partial charge in [0.25, 0.3) is 11.5 Å². The van der Waals surface area contributed by atoms with Crippen LogP contribution in [0, 0.1) is 0 Å². The molecule has 14 heteroatoms. The number of carboxylic acids is 1. The van der Waals surface area contributed by atoms with Crippen LogP contribution in [-0.2, 0) is 16.1 Å². The molecule has 0 aliphatic heterocycles. The predicted octanol–water partition coefficient (Wildman–Crippen LogP) is -0.215. The van der Waals surface area contributed by atoms with Crippen LogP contribution < -0.4 is 21.9 Å². The molecule has 14 nitrogen and oxygen atoms in total. The van der Waals surface area contributed by atoms with Gasteiger partial charge < -0.3 is 31.3 Å². The number of nitrogens with zero attached hydrogens (tertiary/aromatic N) is 3. The third-order valence-electron chi connectivity index (χ3n) is 4.08. The number of carbonyl (C=O) groups excluding carboxylic acids is 1. The number of fused-ring (bicyclic) bond motifs is 1. The first-order chi connectivity index (χ1) is 15.2. The molecule has 2 heterocycles. The molecule has 3 aromatic rings. The average molecular weight is 443 g/mol. The molecule has 0 saturated heterocycles. The highest BCUT2D eigenvalue weighted by Crippen LogP contribution is 2.12. The van der Waals surface area contributed by atoms with E-state index in [-0.39, 0.29) is 29.2 Å². The number of nitrogen functional groups attached to an aromatic ring is 1. The van der Waals surface area contributed by atoms with Crippen LogP contribution in [0.5, 0.6) is 0 Å². The van der Waals surface area contributed by atoms with E-state index >= 15 is 0 Å². The standard InChI is InChI=1S/C18H17N7O7/c19-17-24-13-12(15(27)25-17)22-10(6-21-13)5-20-9-3-1-8(2-4-9)14(26)23-11(16(28)29)7-32-18(30)31/h1-4,6,11,20H,5,7H2,(H,23,26)(H,28,29)(H,30,31)(H3,19,21,24,25,27)/t11-/m0/s1. The highest BCUT2D eigenvalue weighted by atomic mass is 16.7. The first-order valence-corrected chi connectivity index (χ1v) is 8.97. The van der Waals surface area contributed by atoms with E-state index < -0.39 is 36.2 Å². The summed E-state index contributed by atoms with van der Waals surface area (Å²) in [5, 5.41) is 22.7. The lowest BCUT2D eigenvalue weighted by Gasteiger charge is -2.14. The molecule has 1 atom stereocenters. The van der Waals surface area contributed by atoms with E-state index in [0.29, 0.717) is 11.4 Å². The highest BCUT2D eigenvalue weighted by molar-refractivity contribution is 5.96. The number of aromatic amines is 1. The largest absolute Gasteiger partial charge is 0.505 e. The van der Waals surface area contributed by atoms with Gasteiger partial charge in [-0.25, -0.2) is 19.6 Å². The van der Waals surface area contributed by atoms with E-state index in [1.165, 1.54) is 18.3 Å². The molecule has 0 fully saturated rings. The summed E-state index contributed by atoms with van der Waals surface area (Å²) >= 11 is 0. The van der Waals surface area contributed by atoms with Crippen molar-refractivity contribution in [1.29, 1.82) is 0 Å². The molecule has 0 aliphatic rings. The van der Waals surface area contributed by atoms with Crippen LogP contribution in [0.15, 0.2) is 35.3 Å². The van der Waals surface area contributed by atoms with E-state index in [1.807, 2.05) is 0 Å². The van der Waals surface area contributed by atoms with E-state index in [2.05, 4.69) is 35.3 Å². The molecule has 7 N–H and O–H groups in total. The minimum Gasteiger partial charge on any atom is -0.480 e. The van der Waals surface area contributed by atoms with Gasteiger partial charge in [-0.15, -0.1) is 0 Å². The Bertz CT molecular complexity index is 1230. The van der Waals surface area contributed by atoms with Crippen molar-refractivity contribution < 1.29 is 29.3 Å². The van der Waals surface area contributed by atoms with Crippen molar-refractivity contribution in [1.82, 2.24) is 25.3 Å². The fourth-order valence-electron chi connectivity index (χ4n) is 2.56. The van der Waals surface area contributed by atoms with Crippen LogP contribution >= 0.6 is 0 Å². The Kier molecular flexibility index (Phi) is 6.43. The molecule has 1 aromatic carbocycles. The van der Waals surface area contributed by atoms with Crippen molar-refractivity contribution in [2.45, 2.75) is 12.6 Å². The summed E-state index contributed by atoms with van der Waals surface area (Å²) < 4.78 is 4.20. The third-order valence-corrected chi connectivity index (χ3v) is 4.08. The maximum absolute atomic E-state index is 12.2. The molecule has 0 spiro atoms. The lowest BCUT2D eigenvalue weighted by Crippen LogP contribution is -2.44. The number of benzene rings is 1. The summed E-state index contributed by atoms with van der Waals surface area (Å²) in [5.41, 5.74) is 6.34. The van der Waals surface area contributed by atoms with Gasteiger partial charge in [-0.1, -0.05) is 0 Å². The summed E-state index contributed by atoms with van der Waals surface area (Å²) in [6, 6.07) is 4.50. The number of hydrogen-bond acceptors (Lipinski definition) is 10. The van der Waals surface area contributed by atoms with Crippen molar-refractivity contribution in [3.8, 4) is 0 Å². The number of H-pyrrole nitrogens is 1. The van der Waals surface area contributed by atoms with Crippen LogP contribution in [0.4, 0.5) is 16.4 Å². The zero-order valence-corrected chi connectivity index (χ0v) is 16.2. The predicted molar refractivity (Wildman–Crippen MR) is 109 cm³/mol. The highest BCUT2D eigenvalue weighted by Gasteiger charge is 2.22. The SMILES string of the molecule is Nc1nc2ncc(CNc3ccc(C(=O)N[C@@H](COC(=O)O)C(=O)O)cc3)nc2c(=O)[nH]1. The topological polar surface area (TPSA) is 223 Å². The number of nitrogens with two attached hydrogens (primary N) is 1. The Labute approximate surface area is 178 Å². The number of ether oxygens (including phenoxy) is 1. The van der Waals surface area contributed by atoms with Crippen molar-refractivity contribution in [3.05, 3.63) is 52.1 Å². The zero-order valence-electron chi connectivity index (χ0n) is 16.2. The molecular formula is C18H17N7O7. The van der Waals surface area contributed by atoms with E-state index in [9.17, 15) is 19.2 Å². The van der Waals surface area contributed by atoms with Gasteiger partial charge in [-0.05, 0) is 24.3 Å². The number of anilines is 2. The average Bonchev–Trinajstić information content (AvgIpc) is 2.75. The van der Waals surface area contributed by atoms with Gasteiger partial charge in [0.15, 0.2) is 17.2 Å². The molecule has 0 aliphatic carbocycles. The monoisotopic (exact) mass is 443 g/mol. The van der Waals surface area contributed by atoms with Gasteiger partial charge in [0.1, 0.15) is 6.61 Å². The van der Waals surface area contributed by atoms with Crippen LogP contribution in [0.1, 0.15) is 16.1 Å². The zero-order chi connectivity index (χ0) is 23.3. The number of rotatable bonds is 8. The van der Waals surface area contributed by atoms with E-state index in [4.69, 9.17) is 15.9 Å². The van der Waals surface area contributed by atoms with Gasteiger partial charge in [0.2, 0.25) is 5.95 Å². The lowest BCUT2D eigenvalue weighted by atomic mass is 10.1. The first-order valence-electron chi connectivity index (χ1n) is 8.97. The maximum Gasteiger partial charge on any atom is 0.505 e. The minimum absolute atomic E-state index is 0.0466. The molecular weight excluding hydrogens is 426 g/mol. The molecule has 32 heavy (non-hydrogen) atoms. The number of carboxylic acid groups (broad SMARTS) is 2. The van der Waals surface area contributed by atoms with Crippen molar-refractivity contribution in [2.75, 3.05) is 17.7 Å². The van der Waals surface area contributed by atoms with Gasteiger partial charge in [-0.2, -0.15) is 4.98 Å². The molecule has 1 amide bonds. The molecule has 3 rings (SSSR count). The number of nitrogens with one attached hydrogen (secondary N) is 3. The lowest BCUT2D eigenvalue weighted by molar-refractivity contribution is -0.140. The number of amides is 1. The summed E-state index contributed by atoms with van der Waals surface area (Å²) in [6.07, 6.45) is -0.212. The minimum atomic E-state index is -1.65. The molecule has 166 valence electrons. The summed E-state index contributed by atoms with van der Waals surface area (Å²) in [6.45, 7) is -0.514. The van der Waals surface area contributed by atoms with Gasteiger partial charge in [0.05, 0.1) is 18.4 Å². The van der Waals surface area contributed by atoms with Gasteiger partial charge >= 0.3 is 12.1 Å². The second kappa shape index (κ2) is 9.38. The molecule has 0 bridgehead atoms. The van der Waals surface area contributed by atoms with Crippen molar-refractivity contribution in [2.24, 2.45) is 0 Å². The smallest absolute Gasteiger partial charge is 0.480 e. The number of aromatic nitrogens is 4. The van der Waals surface area contributed by atoms with Crippen LogP contribution in [0.2, 0.25) is 0 Å². The van der Waals surface area contributed by atoms with Crippen LogP contribution in [0.3, 0.4) is 0 Å². The Morgan fingerprint density at radius 2 is 1.88 bits per heavy atom. The third kappa shape index (κ3) is 5.44. The molecule has 0 saturated carbocycles. The van der Waals surface area contributed by atoms with E-state index in [1.54, 1.807) is 12.1 Å². The van der Waals surface area contributed by atoms with Crippen molar-refractivity contribution >= 4 is 40.8 Å². The molecule has 0 unspecified atom stereocenters. The second-order valence-corrected chi connectivity index (χ2v) is 6.36. The summed E-state index contributed by atoms with van der Waals surface area (Å²) in [5.74, 6) is -2.22. The maximum atomic E-state index is 12.2. The number of carbonyl (C=O) groups is 3. The molecule has 0 radical (unpaired) electrons. The summed E-state index contributed by atoms with van der Waals surface area (Å²) in [4.78, 5) is 60.1. The van der Waals surface area contributed by atoms with E-state index in [0.717, 1.165) is 0 Å². The van der Waals surface area contributed by atoms with Crippen molar-refractivity contribution in [3.63, 3.8) is 0 Å². The van der Waals surface area contributed by atoms with Gasteiger partial charge in [0, 0.05) is 11.3 Å². The normalized spacial score (nSPS) is 11.5. The van der Waals surface area contributed by atoms with Gasteiger partial charge in [-0.3, -0.25) is 14.6 Å². The first kappa shape index (κ1) is 21.9. The Morgan fingerprint density at radius 3 is 2.53 bits per heavy atom.